The first-order chi connectivity index (χ1) is 20.1. The van der Waals surface area contributed by atoms with Gasteiger partial charge in [0, 0.05) is 12.8 Å². The highest BCUT2D eigenvalue weighted by atomic mass is 32.3. The predicted molar refractivity (Wildman–Crippen MR) is 163 cm³/mol. The molecule has 0 amide bonds. The zero-order valence-electron chi connectivity index (χ0n) is 26.0. The van der Waals surface area contributed by atoms with Crippen molar-refractivity contribution in [1.29, 1.82) is 0 Å². The van der Waals surface area contributed by atoms with E-state index in [0.717, 1.165) is 38.5 Å². The fraction of sp³-hybridized carbons (Fsp3) is 1.00. The van der Waals surface area contributed by atoms with E-state index >= 15 is 0 Å². The zero-order chi connectivity index (χ0) is 32.7. The van der Waals surface area contributed by atoms with Gasteiger partial charge in [0.15, 0.2) is 24.3 Å². The molecule has 0 aliphatic heterocycles. The van der Waals surface area contributed by atoms with Crippen LogP contribution in [0.1, 0.15) is 154 Å². The number of unbranched alkanes of at least 4 members (excludes halogenated alkanes) is 18. The third kappa shape index (κ3) is 26.4. The Hall–Kier alpha value is -0.560. The smallest absolute Gasteiger partial charge is 0.330 e. The number of alkyl halides is 6. The summed E-state index contributed by atoms with van der Waals surface area (Å²) >= 11 is 0. The molecule has 0 aromatic rings. The highest BCUT2D eigenvalue weighted by Crippen LogP contribution is 2.26. The molecule has 0 radical (unpaired) electrons. The average molecular weight is 674 g/mol. The van der Waals surface area contributed by atoms with Crippen molar-refractivity contribution in [3.63, 3.8) is 0 Å². The van der Waals surface area contributed by atoms with Crippen LogP contribution in [0.3, 0.4) is 0 Å². The molecule has 0 saturated heterocycles. The summed E-state index contributed by atoms with van der Waals surface area (Å²) in [5.74, 6) is -0.441. The second-order valence-electron chi connectivity index (χ2n) is 11.9. The summed E-state index contributed by atoms with van der Waals surface area (Å²) in [7, 11) is -7.78. The van der Waals surface area contributed by atoms with Gasteiger partial charge < -0.3 is 5.73 Å². The Morgan fingerprint density at radius 3 is 1.02 bits per heavy atom. The molecule has 43 heavy (non-hydrogen) atoms. The Labute approximate surface area is 257 Å². The summed E-state index contributed by atoms with van der Waals surface area (Å²) in [4.78, 5) is 0. The van der Waals surface area contributed by atoms with E-state index in [0.29, 0.717) is 90.0 Å². The molecule has 0 saturated carbocycles. The maximum absolute atomic E-state index is 13.2. The lowest BCUT2D eigenvalue weighted by Crippen LogP contribution is -2.34. The first-order valence-corrected chi connectivity index (χ1v) is 19.8. The highest BCUT2D eigenvalue weighted by Gasteiger charge is 2.36. The second kappa shape index (κ2) is 23.7. The van der Waals surface area contributed by atoms with Crippen LogP contribution in [-0.4, -0.2) is 51.8 Å². The largest absolute Gasteiger partial charge is 0.389 e. The van der Waals surface area contributed by atoms with Gasteiger partial charge in [0.2, 0.25) is 0 Å². The highest BCUT2D eigenvalue weighted by molar-refractivity contribution is 8.09. The predicted octanol–water partition coefficient (Wildman–Crippen LogP) is 9.59. The molecule has 0 atom stereocenters. The molecule has 0 bridgehead atoms. The lowest BCUT2D eigenvalue weighted by atomic mass is 10.1. The van der Waals surface area contributed by atoms with Crippen LogP contribution < -0.4 is 5.73 Å². The van der Waals surface area contributed by atoms with Gasteiger partial charge in [-0.05, 0) is 45.1 Å². The average Bonchev–Trinajstić information content (AvgIpc) is 2.88. The van der Waals surface area contributed by atoms with Crippen molar-refractivity contribution in [2.24, 2.45) is 5.73 Å². The van der Waals surface area contributed by atoms with E-state index in [1.54, 1.807) is 0 Å². The number of hydrogen-bond donors (Lipinski definition) is 1. The fourth-order valence-corrected chi connectivity index (χ4v) is 10.4. The number of hydrogen-bond acceptors (Lipinski definition) is 5. The van der Waals surface area contributed by atoms with Gasteiger partial charge in [-0.3, -0.25) is 0 Å². The molecule has 5 nitrogen and oxygen atoms in total. The number of halogens is 6. The lowest BCUT2D eigenvalue weighted by molar-refractivity contribution is -0.136. The van der Waals surface area contributed by atoms with Gasteiger partial charge in [-0.2, -0.15) is 26.3 Å². The molecule has 0 aliphatic carbocycles. The fourth-order valence-electron chi connectivity index (χ4n) is 5.21. The van der Waals surface area contributed by atoms with Crippen molar-refractivity contribution in [3.05, 3.63) is 0 Å². The summed E-state index contributed by atoms with van der Waals surface area (Å²) in [6.07, 6.45) is 3.50. The molecule has 0 aromatic heterocycles. The van der Waals surface area contributed by atoms with Crippen LogP contribution in [-0.2, 0) is 19.7 Å². The third-order valence-electron chi connectivity index (χ3n) is 7.72. The summed E-state index contributed by atoms with van der Waals surface area (Å²) in [5.41, 5.74) is 5.50. The minimum absolute atomic E-state index is 0.0753. The quantitative estimate of drug-likeness (QED) is 0.0630. The van der Waals surface area contributed by atoms with E-state index in [9.17, 15) is 43.2 Å². The molecule has 0 aliphatic rings. The van der Waals surface area contributed by atoms with Crippen LogP contribution in [0.4, 0.5) is 26.3 Å². The van der Waals surface area contributed by atoms with Gasteiger partial charge in [0.05, 0.1) is 11.5 Å². The minimum atomic E-state index is -4.14. The van der Waals surface area contributed by atoms with E-state index in [1.165, 1.54) is 0 Å². The van der Waals surface area contributed by atoms with Crippen molar-refractivity contribution in [2.75, 3.05) is 18.1 Å². The maximum Gasteiger partial charge on any atom is 0.389 e. The van der Waals surface area contributed by atoms with Gasteiger partial charge in [0.1, 0.15) is 0 Å². The number of rotatable bonds is 29. The molecule has 2 N–H and O–H groups in total. The van der Waals surface area contributed by atoms with Crippen molar-refractivity contribution >= 4 is 19.7 Å². The molecular weight excluding hydrogens is 616 g/mol. The van der Waals surface area contributed by atoms with E-state index in [1.807, 2.05) is 0 Å². The van der Waals surface area contributed by atoms with Gasteiger partial charge >= 0.3 is 12.4 Å². The summed E-state index contributed by atoms with van der Waals surface area (Å²) < 4.78 is 125. The summed E-state index contributed by atoms with van der Waals surface area (Å²) in [6.45, 7) is 0.654. The molecule has 0 fully saturated rings. The second-order valence-corrected chi connectivity index (χ2v) is 16.8. The summed E-state index contributed by atoms with van der Waals surface area (Å²) in [5, 5.41) is 0. The van der Waals surface area contributed by atoms with Gasteiger partial charge in [-0.15, -0.1) is 0 Å². The van der Waals surface area contributed by atoms with Crippen LogP contribution in [0, 0.1) is 0 Å². The first kappa shape index (κ1) is 42.4. The molecule has 0 unspecified atom stereocenters. The van der Waals surface area contributed by atoms with Gasteiger partial charge in [0.25, 0.3) is 0 Å². The van der Waals surface area contributed by atoms with E-state index in [4.69, 9.17) is 5.73 Å². The van der Waals surface area contributed by atoms with Crippen molar-refractivity contribution < 1.29 is 43.2 Å². The van der Waals surface area contributed by atoms with E-state index in [2.05, 4.69) is 0 Å². The van der Waals surface area contributed by atoms with Crippen LogP contribution in [0.25, 0.3) is 0 Å². The molecular formula is C30H57F6NO4S2. The molecule has 0 heterocycles. The Morgan fingerprint density at radius 1 is 0.419 bits per heavy atom. The Balaban J connectivity index is 4.67. The summed E-state index contributed by atoms with van der Waals surface area (Å²) in [6, 6.07) is 0. The SMILES string of the molecule is NCCCCCCCCCC(S(=O)(=O)CCCCCCCCCC(F)(F)F)S(=O)(=O)CCCCCCCCCC(F)(F)F. The maximum atomic E-state index is 13.2. The Bertz CT molecular complexity index is 816. The van der Waals surface area contributed by atoms with E-state index < -0.39 is 49.5 Å². The van der Waals surface area contributed by atoms with Crippen LogP contribution in [0.15, 0.2) is 0 Å². The normalized spacial score (nSPS) is 13.3. The lowest BCUT2D eigenvalue weighted by Gasteiger charge is -2.19. The molecule has 13 heteroatoms. The van der Waals surface area contributed by atoms with Crippen molar-refractivity contribution in [2.45, 2.75) is 171 Å². The molecule has 0 spiro atoms. The molecule has 0 aromatic carbocycles. The van der Waals surface area contributed by atoms with E-state index in [-0.39, 0.29) is 30.8 Å². The van der Waals surface area contributed by atoms with Crippen molar-refractivity contribution in [3.8, 4) is 0 Å². The van der Waals surface area contributed by atoms with Crippen LogP contribution >= 0.6 is 0 Å². The Kier molecular flexibility index (Phi) is 23.4. The van der Waals surface area contributed by atoms with Crippen molar-refractivity contribution in [1.82, 2.24) is 0 Å². The number of nitrogens with two attached hydrogens (primary N) is 1. The topological polar surface area (TPSA) is 94.3 Å². The molecule has 0 rings (SSSR count). The Morgan fingerprint density at radius 2 is 0.698 bits per heavy atom. The minimum Gasteiger partial charge on any atom is -0.330 e. The van der Waals surface area contributed by atoms with Gasteiger partial charge in [-0.25, -0.2) is 16.8 Å². The monoisotopic (exact) mass is 673 g/mol. The molecule has 260 valence electrons. The zero-order valence-corrected chi connectivity index (χ0v) is 27.6. The number of sulfone groups is 2. The van der Waals surface area contributed by atoms with Crippen LogP contribution in [0.2, 0.25) is 0 Å². The first-order valence-electron chi connectivity index (χ1n) is 16.4. The van der Waals surface area contributed by atoms with Gasteiger partial charge in [-0.1, -0.05) is 103 Å². The standard InChI is InChI=1S/C30H57F6NO4S2/c31-29(32,33)23-17-11-5-2-8-14-20-26-42(38,39)28(22-16-10-4-1-7-13-19-25-37)43(40,41)27-21-15-9-3-6-12-18-24-30(34,35)36/h28H,1-27,37H2. The van der Waals surface area contributed by atoms with Crippen LogP contribution in [0.5, 0.6) is 0 Å². The third-order valence-corrected chi connectivity index (χ3v) is 13.3.